The number of carbonyl (C=O) groups is 1. The lowest BCUT2D eigenvalue weighted by Crippen LogP contribution is -2.13. The van der Waals surface area contributed by atoms with Gasteiger partial charge in [0.25, 0.3) is 0 Å². The molecule has 0 saturated heterocycles. The second-order valence-electron chi connectivity index (χ2n) is 4.49. The lowest BCUT2D eigenvalue weighted by atomic mass is 10.1. The van der Waals surface area contributed by atoms with Crippen molar-refractivity contribution in [3.8, 4) is 0 Å². The molecular weight excluding hydrogens is 318 g/mol. The van der Waals surface area contributed by atoms with Gasteiger partial charge in [-0.2, -0.15) is 0 Å². The number of hydrogen-bond acceptors (Lipinski definition) is 3. The van der Waals surface area contributed by atoms with Crippen LogP contribution in [0.2, 0.25) is 0 Å². The summed E-state index contributed by atoms with van der Waals surface area (Å²) in [5.41, 5.74) is 1.87. The summed E-state index contributed by atoms with van der Waals surface area (Å²) in [6.45, 7) is 1.89. The highest BCUT2D eigenvalue weighted by molar-refractivity contribution is 9.10. The van der Waals surface area contributed by atoms with Crippen LogP contribution < -0.4 is 5.32 Å². The van der Waals surface area contributed by atoms with Crippen molar-refractivity contribution in [2.24, 2.45) is 0 Å². The van der Waals surface area contributed by atoms with E-state index in [0.29, 0.717) is 12.2 Å². The predicted octanol–water partition coefficient (Wildman–Crippen LogP) is 3.51. The largest absolute Gasteiger partial charge is 0.311 e. The average molecular weight is 334 g/mol. The molecule has 0 aliphatic rings. The van der Waals surface area contributed by atoms with Gasteiger partial charge in [-0.1, -0.05) is 6.07 Å². The van der Waals surface area contributed by atoms with E-state index in [-0.39, 0.29) is 5.91 Å². The Morgan fingerprint density at radius 2 is 2.15 bits per heavy atom. The standard InChI is InChI=1S/C15H16BrN3O/c1-11-13(16)8-9-14(18-11)19-15(20)7-4-6-12-5-2-3-10-17-12/h2-3,5,8-10H,4,6-7H2,1H3,(H,18,19,20). The van der Waals surface area contributed by atoms with Gasteiger partial charge in [0, 0.05) is 22.8 Å². The molecule has 0 aliphatic heterocycles. The minimum Gasteiger partial charge on any atom is -0.311 e. The van der Waals surface area contributed by atoms with E-state index in [9.17, 15) is 4.79 Å². The third kappa shape index (κ3) is 4.42. The molecule has 0 fully saturated rings. The fourth-order valence-corrected chi connectivity index (χ4v) is 2.02. The Balaban J connectivity index is 1.79. The molecule has 5 heteroatoms. The monoisotopic (exact) mass is 333 g/mol. The Morgan fingerprint density at radius 3 is 2.85 bits per heavy atom. The number of aryl methyl sites for hydroxylation is 2. The predicted molar refractivity (Wildman–Crippen MR) is 82.5 cm³/mol. The third-order valence-corrected chi connectivity index (χ3v) is 3.69. The van der Waals surface area contributed by atoms with Crippen LogP contribution in [0.3, 0.4) is 0 Å². The van der Waals surface area contributed by atoms with Gasteiger partial charge in [0.15, 0.2) is 0 Å². The molecule has 0 radical (unpaired) electrons. The number of pyridine rings is 2. The topological polar surface area (TPSA) is 54.9 Å². The Labute approximate surface area is 126 Å². The van der Waals surface area contributed by atoms with Gasteiger partial charge in [-0.3, -0.25) is 9.78 Å². The van der Waals surface area contributed by atoms with Gasteiger partial charge in [-0.05, 0) is 60.0 Å². The molecule has 2 aromatic heterocycles. The van der Waals surface area contributed by atoms with Crippen LogP contribution in [-0.2, 0) is 11.2 Å². The van der Waals surface area contributed by atoms with E-state index in [1.165, 1.54) is 0 Å². The summed E-state index contributed by atoms with van der Waals surface area (Å²) in [6, 6.07) is 9.48. The third-order valence-electron chi connectivity index (χ3n) is 2.85. The molecule has 0 aliphatic carbocycles. The normalized spacial score (nSPS) is 10.3. The maximum Gasteiger partial charge on any atom is 0.225 e. The molecule has 0 spiro atoms. The first-order valence-corrected chi connectivity index (χ1v) is 7.27. The molecule has 2 aromatic rings. The van der Waals surface area contributed by atoms with Crippen molar-refractivity contribution in [1.82, 2.24) is 9.97 Å². The summed E-state index contributed by atoms with van der Waals surface area (Å²) in [6.07, 6.45) is 3.82. The van der Waals surface area contributed by atoms with E-state index < -0.39 is 0 Å². The first kappa shape index (κ1) is 14.7. The second kappa shape index (κ2) is 7.14. The molecule has 1 N–H and O–H groups in total. The van der Waals surface area contributed by atoms with Crippen LogP contribution in [0.4, 0.5) is 5.82 Å². The van der Waals surface area contributed by atoms with Gasteiger partial charge in [0.2, 0.25) is 5.91 Å². The van der Waals surface area contributed by atoms with Crippen LogP contribution in [0.1, 0.15) is 24.2 Å². The zero-order valence-corrected chi connectivity index (χ0v) is 12.9. The maximum atomic E-state index is 11.8. The summed E-state index contributed by atoms with van der Waals surface area (Å²) in [4.78, 5) is 20.3. The highest BCUT2D eigenvalue weighted by Crippen LogP contribution is 2.16. The Morgan fingerprint density at radius 1 is 1.30 bits per heavy atom. The maximum absolute atomic E-state index is 11.8. The molecule has 4 nitrogen and oxygen atoms in total. The summed E-state index contributed by atoms with van der Waals surface area (Å²) in [5.74, 6) is 0.573. The van der Waals surface area contributed by atoms with Crippen molar-refractivity contribution in [2.75, 3.05) is 5.32 Å². The van der Waals surface area contributed by atoms with Crippen molar-refractivity contribution in [3.05, 3.63) is 52.4 Å². The van der Waals surface area contributed by atoms with Crippen LogP contribution >= 0.6 is 15.9 Å². The SMILES string of the molecule is Cc1nc(NC(=O)CCCc2ccccn2)ccc1Br. The van der Waals surface area contributed by atoms with Crippen LogP contribution in [0.15, 0.2) is 41.0 Å². The van der Waals surface area contributed by atoms with Crippen LogP contribution in [0.5, 0.6) is 0 Å². The zero-order chi connectivity index (χ0) is 14.4. The van der Waals surface area contributed by atoms with E-state index in [0.717, 1.165) is 28.7 Å². The molecule has 0 unspecified atom stereocenters. The fourth-order valence-electron chi connectivity index (χ4n) is 1.80. The summed E-state index contributed by atoms with van der Waals surface area (Å²) < 4.78 is 0.936. The lowest BCUT2D eigenvalue weighted by molar-refractivity contribution is -0.116. The number of nitrogens with zero attached hydrogens (tertiary/aromatic N) is 2. The molecule has 0 atom stereocenters. The van der Waals surface area contributed by atoms with E-state index in [1.54, 1.807) is 12.3 Å². The number of anilines is 1. The van der Waals surface area contributed by atoms with Gasteiger partial charge < -0.3 is 5.32 Å². The first-order chi connectivity index (χ1) is 9.65. The molecule has 0 aromatic carbocycles. The minimum atomic E-state index is -0.0184. The number of carbonyl (C=O) groups excluding carboxylic acids is 1. The van der Waals surface area contributed by atoms with E-state index >= 15 is 0 Å². The van der Waals surface area contributed by atoms with Crippen molar-refractivity contribution < 1.29 is 4.79 Å². The minimum absolute atomic E-state index is 0.0184. The van der Waals surface area contributed by atoms with E-state index in [1.807, 2.05) is 31.2 Å². The highest BCUT2D eigenvalue weighted by Gasteiger charge is 2.05. The fraction of sp³-hybridized carbons (Fsp3) is 0.267. The van der Waals surface area contributed by atoms with Crippen molar-refractivity contribution in [1.29, 1.82) is 0 Å². The second-order valence-corrected chi connectivity index (χ2v) is 5.34. The van der Waals surface area contributed by atoms with Crippen LogP contribution in [0, 0.1) is 6.92 Å². The molecule has 1 amide bonds. The van der Waals surface area contributed by atoms with Crippen molar-refractivity contribution in [3.63, 3.8) is 0 Å². The van der Waals surface area contributed by atoms with Crippen molar-refractivity contribution >= 4 is 27.7 Å². The van der Waals surface area contributed by atoms with Crippen molar-refractivity contribution in [2.45, 2.75) is 26.2 Å². The lowest BCUT2D eigenvalue weighted by Gasteiger charge is -2.06. The summed E-state index contributed by atoms with van der Waals surface area (Å²) >= 11 is 3.38. The van der Waals surface area contributed by atoms with Crippen LogP contribution in [0.25, 0.3) is 0 Å². The Bertz CT molecular complexity index is 587. The highest BCUT2D eigenvalue weighted by atomic mass is 79.9. The van der Waals surface area contributed by atoms with Gasteiger partial charge in [-0.25, -0.2) is 4.98 Å². The van der Waals surface area contributed by atoms with Gasteiger partial charge in [0.1, 0.15) is 5.82 Å². The molecule has 0 bridgehead atoms. The Kier molecular flexibility index (Phi) is 5.24. The van der Waals surface area contributed by atoms with Crippen LogP contribution in [-0.4, -0.2) is 15.9 Å². The number of aromatic nitrogens is 2. The smallest absolute Gasteiger partial charge is 0.225 e. The van der Waals surface area contributed by atoms with Gasteiger partial charge in [0.05, 0.1) is 5.69 Å². The number of amides is 1. The number of halogens is 1. The number of hydrogen-bond donors (Lipinski definition) is 1. The van der Waals surface area contributed by atoms with E-state index in [4.69, 9.17) is 0 Å². The zero-order valence-electron chi connectivity index (χ0n) is 11.3. The molecule has 2 rings (SSSR count). The molecule has 20 heavy (non-hydrogen) atoms. The van der Waals surface area contributed by atoms with E-state index in [2.05, 4.69) is 31.2 Å². The molecule has 0 saturated carbocycles. The molecule has 104 valence electrons. The van der Waals surface area contributed by atoms with Gasteiger partial charge >= 0.3 is 0 Å². The molecular formula is C15H16BrN3O. The van der Waals surface area contributed by atoms with Gasteiger partial charge in [-0.15, -0.1) is 0 Å². The quantitative estimate of drug-likeness (QED) is 0.910. The Hall–Kier alpha value is -1.75. The summed E-state index contributed by atoms with van der Waals surface area (Å²) in [5, 5.41) is 2.80. The number of rotatable bonds is 5. The first-order valence-electron chi connectivity index (χ1n) is 6.48. The molecule has 2 heterocycles. The summed E-state index contributed by atoms with van der Waals surface area (Å²) in [7, 11) is 0. The average Bonchev–Trinajstić information content (AvgIpc) is 2.44. The number of nitrogens with one attached hydrogen (secondary N) is 1.